The second-order valence-corrected chi connectivity index (χ2v) is 4.03. The molecule has 0 unspecified atom stereocenters. The number of nitrogens with zero attached hydrogens (tertiary/aromatic N) is 1. The van der Waals surface area contributed by atoms with Crippen LogP contribution in [0.25, 0.3) is 0 Å². The van der Waals surface area contributed by atoms with Crippen molar-refractivity contribution in [3.8, 4) is 17.6 Å². The minimum absolute atomic E-state index is 0.239. The Bertz CT molecular complexity index is 423. The number of benzene rings is 1. The molecule has 0 bridgehead atoms. The molecule has 1 rings (SSSR count). The molecule has 0 amide bonds. The third-order valence-corrected chi connectivity index (χ3v) is 2.38. The Labute approximate surface area is 112 Å². The van der Waals surface area contributed by atoms with Crippen molar-refractivity contribution in [2.75, 3.05) is 33.3 Å². The third kappa shape index (κ3) is 6.75. The predicted molar refractivity (Wildman–Crippen MR) is 71.4 cm³/mol. The maximum atomic E-state index is 12.1. The Kier molecular flexibility index (Phi) is 6.86. The quantitative estimate of drug-likeness (QED) is 0.796. The smallest absolute Gasteiger partial charge is 0.251 e. The molecule has 0 aliphatic rings. The summed E-state index contributed by atoms with van der Waals surface area (Å²) in [5.74, 6) is 6.36. The van der Waals surface area contributed by atoms with Gasteiger partial charge in [0.25, 0.3) is 6.43 Å². The van der Waals surface area contributed by atoms with Crippen molar-refractivity contribution in [1.82, 2.24) is 4.90 Å². The normalized spacial score (nSPS) is 10.4. The summed E-state index contributed by atoms with van der Waals surface area (Å²) in [6.45, 7) is 0.918. The summed E-state index contributed by atoms with van der Waals surface area (Å²) in [6.07, 6.45) is -2.31. The summed E-state index contributed by atoms with van der Waals surface area (Å²) in [6, 6.07) is 7.27. The SMILES string of the molecule is CN(CCOc1ccc(C#CCN)cc1)CC(F)F. The molecule has 0 aliphatic carbocycles. The van der Waals surface area contributed by atoms with E-state index in [0.29, 0.717) is 25.4 Å². The van der Waals surface area contributed by atoms with E-state index in [-0.39, 0.29) is 6.54 Å². The Morgan fingerprint density at radius 1 is 1.32 bits per heavy atom. The highest BCUT2D eigenvalue weighted by atomic mass is 19.3. The van der Waals surface area contributed by atoms with Crippen molar-refractivity contribution in [3.05, 3.63) is 29.8 Å². The van der Waals surface area contributed by atoms with Crippen LogP contribution in [-0.4, -0.2) is 44.6 Å². The molecule has 0 heterocycles. The van der Waals surface area contributed by atoms with Gasteiger partial charge in [-0.1, -0.05) is 11.8 Å². The molecule has 3 nitrogen and oxygen atoms in total. The van der Waals surface area contributed by atoms with Gasteiger partial charge in [0, 0.05) is 12.1 Å². The topological polar surface area (TPSA) is 38.5 Å². The molecule has 5 heteroatoms. The molecule has 0 aliphatic heterocycles. The minimum atomic E-state index is -2.31. The summed E-state index contributed by atoms with van der Waals surface area (Å²) in [4.78, 5) is 1.53. The molecule has 0 saturated heterocycles. The number of nitrogens with two attached hydrogens (primary N) is 1. The summed E-state index contributed by atoms with van der Waals surface area (Å²) in [7, 11) is 1.64. The zero-order valence-electron chi connectivity index (χ0n) is 10.9. The lowest BCUT2D eigenvalue weighted by molar-refractivity contribution is 0.0935. The number of likely N-dealkylation sites (N-methyl/N-ethyl adjacent to an activating group) is 1. The molecule has 0 spiro atoms. The van der Waals surface area contributed by atoms with Crippen molar-refractivity contribution in [2.45, 2.75) is 6.43 Å². The maximum absolute atomic E-state index is 12.1. The van der Waals surface area contributed by atoms with Gasteiger partial charge in [-0.2, -0.15) is 0 Å². The summed E-state index contributed by atoms with van der Waals surface area (Å²) in [5.41, 5.74) is 6.15. The lowest BCUT2D eigenvalue weighted by Crippen LogP contribution is -2.28. The number of alkyl halides is 2. The van der Waals surface area contributed by atoms with Crippen molar-refractivity contribution < 1.29 is 13.5 Å². The maximum Gasteiger partial charge on any atom is 0.251 e. The van der Waals surface area contributed by atoms with Gasteiger partial charge in [0.1, 0.15) is 12.4 Å². The van der Waals surface area contributed by atoms with Gasteiger partial charge in [0.15, 0.2) is 0 Å². The predicted octanol–water partition coefficient (Wildman–Crippen LogP) is 1.57. The molecule has 2 N–H and O–H groups in total. The van der Waals surface area contributed by atoms with Gasteiger partial charge in [-0.15, -0.1) is 0 Å². The molecule has 0 aromatic heterocycles. The van der Waals surface area contributed by atoms with Crippen LogP contribution in [0.15, 0.2) is 24.3 Å². The van der Waals surface area contributed by atoms with Crippen LogP contribution >= 0.6 is 0 Å². The highest BCUT2D eigenvalue weighted by Crippen LogP contribution is 2.11. The molecule has 1 aromatic carbocycles. The molecule has 104 valence electrons. The van der Waals surface area contributed by atoms with E-state index in [0.717, 1.165) is 5.56 Å². The average molecular weight is 268 g/mol. The van der Waals surface area contributed by atoms with E-state index >= 15 is 0 Å². The molecule has 0 radical (unpaired) electrons. The first-order chi connectivity index (χ1) is 9.11. The molecule has 0 saturated carbocycles. The van der Waals surface area contributed by atoms with Gasteiger partial charge in [0.2, 0.25) is 0 Å². The summed E-state index contributed by atoms with van der Waals surface area (Å²) in [5, 5.41) is 0. The number of halogens is 2. The van der Waals surface area contributed by atoms with Gasteiger partial charge in [0.05, 0.1) is 13.1 Å². The Balaban J connectivity index is 2.34. The number of rotatable bonds is 6. The van der Waals surface area contributed by atoms with Crippen molar-refractivity contribution >= 4 is 0 Å². The summed E-state index contributed by atoms with van der Waals surface area (Å²) >= 11 is 0. The minimum Gasteiger partial charge on any atom is -0.492 e. The summed E-state index contributed by atoms with van der Waals surface area (Å²) < 4.78 is 29.6. The van der Waals surface area contributed by atoms with E-state index in [9.17, 15) is 8.78 Å². The van der Waals surface area contributed by atoms with E-state index in [4.69, 9.17) is 10.5 Å². The number of ether oxygens (including phenoxy) is 1. The lowest BCUT2D eigenvalue weighted by atomic mass is 10.2. The zero-order chi connectivity index (χ0) is 14.1. The second-order valence-electron chi connectivity index (χ2n) is 4.03. The fourth-order valence-electron chi connectivity index (χ4n) is 1.43. The van der Waals surface area contributed by atoms with E-state index in [1.54, 1.807) is 19.2 Å². The van der Waals surface area contributed by atoms with Crippen LogP contribution in [0.5, 0.6) is 5.75 Å². The average Bonchev–Trinajstić information content (AvgIpc) is 2.37. The Morgan fingerprint density at radius 3 is 2.58 bits per heavy atom. The molecular formula is C14H18F2N2O. The third-order valence-electron chi connectivity index (χ3n) is 2.38. The van der Waals surface area contributed by atoms with Crippen LogP contribution in [-0.2, 0) is 0 Å². The largest absolute Gasteiger partial charge is 0.492 e. The Morgan fingerprint density at radius 2 is 2.00 bits per heavy atom. The molecule has 19 heavy (non-hydrogen) atoms. The molecular weight excluding hydrogens is 250 g/mol. The fraction of sp³-hybridized carbons (Fsp3) is 0.429. The highest BCUT2D eigenvalue weighted by molar-refractivity contribution is 5.38. The highest BCUT2D eigenvalue weighted by Gasteiger charge is 2.07. The van der Waals surface area contributed by atoms with E-state index in [1.165, 1.54) is 4.90 Å². The van der Waals surface area contributed by atoms with E-state index in [1.807, 2.05) is 12.1 Å². The van der Waals surface area contributed by atoms with Crippen LogP contribution in [0.2, 0.25) is 0 Å². The van der Waals surface area contributed by atoms with Gasteiger partial charge >= 0.3 is 0 Å². The van der Waals surface area contributed by atoms with Gasteiger partial charge in [-0.05, 0) is 31.3 Å². The molecule has 0 fully saturated rings. The number of hydrogen-bond donors (Lipinski definition) is 1. The van der Waals surface area contributed by atoms with Crippen LogP contribution in [0.3, 0.4) is 0 Å². The fourth-order valence-corrected chi connectivity index (χ4v) is 1.43. The first kappa shape index (κ1) is 15.4. The zero-order valence-corrected chi connectivity index (χ0v) is 10.9. The van der Waals surface area contributed by atoms with Crippen molar-refractivity contribution in [3.63, 3.8) is 0 Å². The second kappa shape index (κ2) is 8.46. The van der Waals surface area contributed by atoms with Gasteiger partial charge in [-0.25, -0.2) is 8.78 Å². The molecule has 1 aromatic rings. The van der Waals surface area contributed by atoms with Crippen molar-refractivity contribution in [1.29, 1.82) is 0 Å². The number of hydrogen-bond acceptors (Lipinski definition) is 3. The van der Waals surface area contributed by atoms with Gasteiger partial charge in [-0.3, -0.25) is 4.90 Å². The standard InChI is InChI=1S/C14H18F2N2O/c1-18(11-14(15)16)9-10-19-13-6-4-12(5-7-13)3-2-8-17/h4-7,14H,8-11,17H2,1H3. The lowest BCUT2D eigenvalue weighted by Gasteiger charge is -2.16. The van der Waals surface area contributed by atoms with Crippen LogP contribution in [0, 0.1) is 11.8 Å². The first-order valence-corrected chi connectivity index (χ1v) is 6.00. The Hall–Kier alpha value is -1.64. The van der Waals surface area contributed by atoms with E-state index in [2.05, 4.69) is 11.8 Å². The monoisotopic (exact) mass is 268 g/mol. The van der Waals surface area contributed by atoms with Crippen LogP contribution < -0.4 is 10.5 Å². The van der Waals surface area contributed by atoms with Crippen LogP contribution in [0.4, 0.5) is 8.78 Å². The molecule has 0 atom stereocenters. The van der Waals surface area contributed by atoms with Crippen molar-refractivity contribution in [2.24, 2.45) is 5.73 Å². The van der Waals surface area contributed by atoms with E-state index < -0.39 is 6.43 Å². The van der Waals surface area contributed by atoms with Crippen LogP contribution in [0.1, 0.15) is 5.56 Å². The first-order valence-electron chi connectivity index (χ1n) is 6.00. The van der Waals surface area contributed by atoms with Gasteiger partial charge < -0.3 is 10.5 Å².